The van der Waals surface area contributed by atoms with Gasteiger partial charge in [0, 0.05) is 49.2 Å². The van der Waals surface area contributed by atoms with Crippen LogP contribution in [0.2, 0.25) is 0 Å². The first-order valence-corrected chi connectivity index (χ1v) is 12.1. The fourth-order valence-electron chi connectivity index (χ4n) is 4.93. The Labute approximate surface area is 199 Å². The Kier molecular flexibility index (Phi) is 5.45. The van der Waals surface area contributed by atoms with Gasteiger partial charge < -0.3 is 9.64 Å². The SMILES string of the molecule is COCc1ccc(-c2cc3cnn(C4CCN(c5ncc(C6CC6)cn5)CC4)c3cn2)c(C)n1. The van der Waals surface area contributed by atoms with Crippen LogP contribution in [0.4, 0.5) is 5.95 Å². The van der Waals surface area contributed by atoms with Crippen molar-refractivity contribution in [3.05, 3.63) is 59.9 Å². The lowest BCUT2D eigenvalue weighted by Gasteiger charge is -2.32. The van der Waals surface area contributed by atoms with Crippen molar-refractivity contribution < 1.29 is 4.74 Å². The maximum Gasteiger partial charge on any atom is 0.225 e. The molecule has 8 nitrogen and oxygen atoms in total. The van der Waals surface area contributed by atoms with Crippen LogP contribution >= 0.6 is 0 Å². The molecule has 2 aliphatic rings. The van der Waals surface area contributed by atoms with E-state index in [2.05, 4.69) is 36.7 Å². The second-order valence-corrected chi connectivity index (χ2v) is 9.39. The number of fused-ring (bicyclic) bond motifs is 1. The summed E-state index contributed by atoms with van der Waals surface area (Å²) in [5.41, 5.74) is 6.19. The molecule has 5 heterocycles. The molecule has 1 aliphatic carbocycles. The molecule has 8 heteroatoms. The molecular formula is C26H29N7O. The zero-order valence-electron chi connectivity index (χ0n) is 19.7. The lowest BCUT2D eigenvalue weighted by Crippen LogP contribution is -2.36. The van der Waals surface area contributed by atoms with Crippen molar-refractivity contribution in [3.8, 4) is 11.3 Å². The van der Waals surface area contributed by atoms with Crippen LogP contribution in [0.1, 0.15) is 54.6 Å². The van der Waals surface area contributed by atoms with Gasteiger partial charge in [-0.1, -0.05) is 0 Å². The number of methoxy groups -OCH3 is 1. The van der Waals surface area contributed by atoms with Crippen LogP contribution in [-0.4, -0.2) is 49.9 Å². The van der Waals surface area contributed by atoms with Gasteiger partial charge in [0.25, 0.3) is 0 Å². The van der Waals surface area contributed by atoms with Crippen molar-refractivity contribution in [3.63, 3.8) is 0 Å². The first-order chi connectivity index (χ1) is 16.7. The van der Waals surface area contributed by atoms with E-state index in [0.29, 0.717) is 18.6 Å². The molecule has 34 heavy (non-hydrogen) atoms. The molecule has 0 aromatic carbocycles. The fourth-order valence-corrected chi connectivity index (χ4v) is 4.93. The van der Waals surface area contributed by atoms with Crippen LogP contribution in [-0.2, 0) is 11.3 Å². The van der Waals surface area contributed by atoms with Crippen molar-refractivity contribution in [2.75, 3.05) is 25.1 Å². The van der Waals surface area contributed by atoms with E-state index in [4.69, 9.17) is 14.8 Å². The highest BCUT2D eigenvalue weighted by Gasteiger charge is 2.26. The molecule has 1 saturated carbocycles. The van der Waals surface area contributed by atoms with Crippen LogP contribution in [0.5, 0.6) is 0 Å². The maximum absolute atomic E-state index is 5.19. The number of aryl methyl sites for hydroxylation is 1. The molecule has 0 unspecified atom stereocenters. The molecule has 1 saturated heterocycles. The number of piperidine rings is 1. The summed E-state index contributed by atoms with van der Waals surface area (Å²) in [6.07, 6.45) is 12.5. The first-order valence-electron chi connectivity index (χ1n) is 12.1. The summed E-state index contributed by atoms with van der Waals surface area (Å²) < 4.78 is 7.34. The van der Waals surface area contributed by atoms with Gasteiger partial charge in [-0.05, 0) is 62.3 Å². The average Bonchev–Trinajstić information content (AvgIpc) is 3.64. The van der Waals surface area contributed by atoms with Crippen LogP contribution in [0.25, 0.3) is 22.2 Å². The minimum atomic E-state index is 0.351. The molecule has 0 amide bonds. The van der Waals surface area contributed by atoms with E-state index in [1.54, 1.807) is 7.11 Å². The highest BCUT2D eigenvalue weighted by atomic mass is 16.5. The van der Waals surface area contributed by atoms with Crippen LogP contribution in [0, 0.1) is 6.92 Å². The van der Waals surface area contributed by atoms with Gasteiger partial charge in [-0.3, -0.25) is 14.6 Å². The summed E-state index contributed by atoms with van der Waals surface area (Å²) >= 11 is 0. The number of rotatable bonds is 6. The minimum Gasteiger partial charge on any atom is -0.378 e. The van der Waals surface area contributed by atoms with Gasteiger partial charge in [0.1, 0.15) is 0 Å². The quantitative estimate of drug-likeness (QED) is 0.425. The molecule has 0 radical (unpaired) electrons. The fraction of sp³-hybridized carbons (Fsp3) is 0.423. The Morgan fingerprint density at radius 2 is 1.76 bits per heavy atom. The zero-order valence-corrected chi connectivity index (χ0v) is 19.7. The van der Waals surface area contributed by atoms with E-state index in [1.807, 2.05) is 37.8 Å². The summed E-state index contributed by atoms with van der Waals surface area (Å²) in [4.78, 5) is 21.0. The Morgan fingerprint density at radius 1 is 0.971 bits per heavy atom. The lowest BCUT2D eigenvalue weighted by molar-refractivity contribution is 0.181. The second-order valence-electron chi connectivity index (χ2n) is 9.39. The number of hydrogen-bond donors (Lipinski definition) is 0. The third kappa shape index (κ3) is 4.03. The predicted molar refractivity (Wildman–Crippen MR) is 131 cm³/mol. The average molecular weight is 456 g/mol. The predicted octanol–water partition coefficient (Wildman–Crippen LogP) is 4.46. The monoisotopic (exact) mass is 455 g/mol. The Morgan fingerprint density at radius 3 is 2.47 bits per heavy atom. The summed E-state index contributed by atoms with van der Waals surface area (Å²) in [5, 5.41) is 5.85. The molecule has 4 aromatic rings. The van der Waals surface area contributed by atoms with Crippen molar-refractivity contribution in [2.24, 2.45) is 0 Å². The molecule has 0 spiro atoms. The Balaban J connectivity index is 1.17. The van der Waals surface area contributed by atoms with E-state index in [0.717, 1.165) is 65.4 Å². The van der Waals surface area contributed by atoms with Crippen molar-refractivity contribution in [2.45, 2.75) is 51.2 Å². The summed E-state index contributed by atoms with van der Waals surface area (Å²) in [6.45, 7) is 4.38. The lowest BCUT2D eigenvalue weighted by atomic mass is 10.0. The molecule has 0 bridgehead atoms. The topological polar surface area (TPSA) is 81.9 Å². The van der Waals surface area contributed by atoms with Gasteiger partial charge in [-0.2, -0.15) is 5.10 Å². The van der Waals surface area contributed by atoms with E-state index >= 15 is 0 Å². The molecule has 6 rings (SSSR count). The normalized spacial score (nSPS) is 16.9. The third-order valence-electron chi connectivity index (χ3n) is 6.99. The molecule has 174 valence electrons. The van der Waals surface area contributed by atoms with Gasteiger partial charge in [-0.25, -0.2) is 9.97 Å². The number of nitrogens with zero attached hydrogens (tertiary/aromatic N) is 7. The minimum absolute atomic E-state index is 0.351. The number of anilines is 1. The molecule has 4 aromatic heterocycles. The van der Waals surface area contributed by atoms with Crippen molar-refractivity contribution in [1.29, 1.82) is 0 Å². The number of aromatic nitrogens is 6. The van der Waals surface area contributed by atoms with E-state index in [9.17, 15) is 0 Å². The van der Waals surface area contributed by atoms with Crippen LogP contribution < -0.4 is 4.90 Å². The standard InChI is InChI=1S/C26H29N7O/c1-17-23(6-5-21(31-17)16-34-2)24-11-19-14-30-33(25(19)15-27-24)22-7-9-32(10-8-22)26-28-12-20(13-29-26)18-3-4-18/h5-6,11-15,18,22H,3-4,7-10,16H2,1-2H3. The molecule has 1 aliphatic heterocycles. The van der Waals surface area contributed by atoms with Crippen LogP contribution in [0.15, 0.2) is 43.0 Å². The van der Waals surface area contributed by atoms with E-state index in [1.165, 1.54) is 18.4 Å². The summed E-state index contributed by atoms with van der Waals surface area (Å²) in [7, 11) is 1.68. The van der Waals surface area contributed by atoms with Crippen LogP contribution in [0.3, 0.4) is 0 Å². The molecule has 2 fully saturated rings. The van der Waals surface area contributed by atoms with E-state index < -0.39 is 0 Å². The third-order valence-corrected chi connectivity index (χ3v) is 6.99. The van der Waals surface area contributed by atoms with Crippen molar-refractivity contribution >= 4 is 16.9 Å². The highest BCUT2D eigenvalue weighted by Crippen LogP contribution is 2.39. The second kappa shape index (κ2) is 8.76. The highest BCUT2D eigenvalue weighted by molar-refractivity contribution is 5.82. The Bertz CT molecular complexity index is 1300. The van der Waals surface area contributed by atoms with Gasteiger partial charge in [0.05, 0.1) is 41.9 Å². The maximum atomic E-state index is 5.19. The van der Waals surface area contributed by atoms with E-state index in [-0.39, 0.29) is 0 Å². The largest absolute Gasteiger partial charge is 0.378 e. The summed E-state index contributed by atoms with van der Waals surface area (Å²) in [5.74, 6) is 1.54. The zero-order chi connectivity index (χ0) is 23.1. The number of pyridine rings is 2. The Hall–Kier alpha value is -3.39. The van der Waals surface area contributed by atoms with Gasteiger partial charge >= 0.3 is 0 Å². The summed E-state index contributed by atoms with van der Waals surface area (Å²) in [6, 6.07) is 6.54. The van der Waals surface area contributed by atoms with Gasteiger partial charge in [0.2, 0.25) is 5.95 Å². The van der Waals surface area contributed by atoms with Gasteiger partial charge in [0.15, 0.2) is 0 Å². The first kappa shape index (κ1) is 21.2. The molecule has 0 N–H and O–H groups in total. The number of ether oxygens (including phenoxy) is 1. The molecular weight excluding hydrogens is 426 g/mol. The van der Waals surface area contributed by atoms with Gasteiger partial charge in [-0.15, -0.1) is 0 Å². The van der Waals surface area contributed by atoms with Crippen molar-refractivity contribution in [1.82, 2.24) is 29.7 Å². The number of hydrogen-bond acceptors (Lipinski definition) is 7. The molecule has 0 atom stereocenters. The smallest absolute Gasteiger partial charge is 0.225 e.